The third-order valence-corrected chi connectivity index (χ3v) is 2.51. The number of hydrogen-bond acceptors (Lipinski definition) is 2. The number of likely N-dealkylation sites (tertiary alicyclic amines) is 1. The van der Waals surface area contributed by atoms with E-state index < -0.39 is 6.09 Å². The lowest BCUT2D eigenvalue weighted by Gasteiger charge is -2.10. The van der Waals surface area contributed by atoms with Gasteiger partial charge in [-0.15, -0.1) is 6.58 Å². The molecule has 0 saturated carbocycles. The van der Waals surface area contributed by atoms with Crippen molar-refractivity contribution in [1.82, 2.24) is 4.90 Å². The van der Waals surface area contributed by atoms with Crippen LogP contribution in [0.3, 0.4) is 0 Å². The molecule has 1 fully saturated rings. The van der Waals surface area contributed by atoms with E-state index in [4.69, 9.17) is 5.11 Å². The first-order valence-corrected chi connectivity index (χ1v) is 4.76. The molecule has 78 valence electrons. The Kier molecular flexibility index (Phi) is 3.68. The number of carboxylic acid groups (broad SMARTS) is 1. The first kappa shape index (κ1) is 10.8. The third-order valence-electron chi connectivity index (χ3n) is 2.51. The fraction of sp³-hybridized carbons (Fsp3) is 0.600. The van der Waals surface area contributed by atoms with E-state index in [1.165, 1.54) is 4.90 Å². The van der Waals surface area contributed by atoms with Crippen LogP contribution in [-0.4, -0.2) is 35.0 Å². The van der Waals surface area contributed by atoms with Crippen molar-refractivity contribution in [1.29, 1.82) is 0 Å². The molecular formula is C10H15NO3. The molecule has 1 N–H and O–H groups in total. The summed E-state index contributed by atoms with van der Waals surface area (Å²) < 4.78 is 0. The molecule has 0 radical (unpaired) electrons. The van der Waals surface area contributed by atoms with Crippen LogP contribution in [0.15, 0.2) is 12.7 Å². The van der Waals surface area contributed by atoms with Gasteiger partial charge in [0.1, 0.15) is 5.78 Å². The van der Waals surface area contributed by atoms with Gasteiger partial charge in [-0.2, -0.15) is 0 Å². The Bertz CT molecular complexity index is 250. The SMILES string of the molecule is C=CCCC(=O)[C@@H]1CCN(C(=O)O)C1. The van der Waals surface area contributed by atoms with E-state index >= 15 is 0 Å². The Balaban J connectivity index is 2.37. The zero-order valence-corrected chi connectivity index (χ0v) is 8.11. The number of allylic oxidation sites excluding steroid dienone is 1. The van der Waals surface area contributed by atoms with Crippen LogP contribution in [0.5, 0.6) is 0 Å². The summed E-state index contributed by atoms with van der Waals surface area (Å²) in [5.74, 6) is 0.0692. The van der Waals surface area contributed by atoms with Crippen LogP contribution in [0.4, 0.5) is 4.79 Å². The number of nitrogens with zero attached hydrogens (tertiary/aromatic N) is 1. The maximum absolute atomic E-state index is 11.5. The highest BCUT2D eigenvalue weighted by molar-refractivity contribution is 5.82. The number of carbonyl (C=O) groups is 2. The molecule has 1 heterocycles. The van der Waals surface area contributed by atoms with Gasteiger partial charge in [0.05, 0.1) is 0 Å². The largest absolute Gasteiger partial charge is 0.465 e. The summed E-state index contributed by atoms with van der Waals surface area (Å²) in [5, 5.41) is 8.69. The van der Waals surface area contributed by atoms with Crippen LogP contribution < -0.4 is 0 Å². The van der Waals surface area contributed by atoms with Gasteiger partial charge in [0, 0.05) is 25.4 Å². The fourth-order valence-electron chi connectivity index (χ4n) is 1.65. The van der Waals surface area contributed by atoms with Crippen molar-refractivity contribution >= 4 is 11.9 Å². The third kappa shape index (κ3) is 2.58. The van der Waals surface area contributed by atoms with Crippen LogP contribution in [0.1, 0.15) is 19.3 Å². The summed E-state index contributed by atoms with van der Waals surface area (Å²) in [6.07, 6.45) is 2.62. The molecule has 4 heteroatoms. The van der Waals surface area contributed by atoms with E-state index in [1.807, 2.05) is 0 Å². The Morgan fingerprint density at radius 1 is 1.57 bits per heavy atom. The summed E-state index contributed by atoms with van der Waals surface area (Å²) in [7, 11) is 0. The molecule has 4 nitrogen and oxygen atoms in total. The molecule has 0 unspecified atom stereocenters. The van der Waals surface area contributed by atoms with Gasteiger partial charge in [0.15, 0.2) is 0 Å². The second kappa shape index (κ2) is 4.79. The van der Waals surface area contributed by atoms with E-state index in [0.29, 0.717) is 32.4 Å². The van der Waals surface area contributed by atoms with Crippen molar-refractivity contribution in [2.24, 2.45) is 5.92 Å². The highest BCUT2D eigenvalue weighted by Crippen LogP contribution is 2.18. The van der Waals surface area contributed by atoms with Crippen molar-refractivity contribution in [3.05, 3.63) is 12.7 Å². The Morgan fingerprint density at radius 3 is 2.79 bits per heavy atom. The minimum atomic E-state index is -0.927. The molecule has 0 aromatic heterocycles. The molecule has 0 aromatic carbocycles. The van der Waals surface area contributed by atoms with E-state index in [2.05, 4.69) is 6.58 Å². The maximum atomic E-state index is 11.5. The smallest absolute Gasteiger partial charge is 0.407 e. The predicted octanol–water partition coefficient (Wildman–Crippen LogP) is 1.52. The molecular weight excluding hydrogens is 182 g/mol. The Hall–Kier alpha value is -1.32. The van der Waals surface area contributed by atoms with Gasteiger partial charge in [-0.25, -0.2) is 4.79 Å². The normalized spacial score (nSPS) is 20.9. The van der Waals surface area contributed by atoms with Crippen molar-refractivity contribution in [2.75, 3.05) is 13.1 Å². The van der Waals surface area contributed by atoms with E-state index in [9.17, 15) is 9.59 Å². The van der Waals surface area contributed by atoms with Crippen LogP contribution >= 0.6 is 0 Å². The zero-order chi connectivity index (χ0) is 10.6. The van der Waals surface area contributed by atoms with Gasteiger partial charge in [0.25, 0.3) is 0 Å². The van der Waals surface area contributed by atoms with Crippen LogP contribution in [0, 0.1) is 5.92 Å². The summed E-state index contributed by atoms with van der Waals surface area (Å²) in [6, 6.07) is 0. The van der Waals surface area contributed by atoms with Crippen molar-refractivity contribution in [3.8, 4) is 0 Å². The quantitative estimate of drug-likeness (QED) is 0.695. The van der Waals surface area contributed by atoms with Gasteiger partial charge in [-0.1, -0.05) is 6.08 Å². The number of hydrogen-bond donors (Lipinski definition) is 1. The maximum Gasteiger partial charge on any atom is 0.407 e. The number of amides is 1. The molecule has 0 bridgehead atoms. The summed E-state index contributed by atoms with van der Waals surface area (Å²) >= 11 is 0. The average Bonchev–Trinajstić information content (AvgIpc) is 2.62. The van der Waals surface area contributed by atoms with Crippen LogP contribution in [0.2, 0.25) is 0 Å². The van der Waals surface area contributed by atoms with E-state index in [0.717, 1.165) is 0 Å². The second-order valence-electron chi connectivity index (χ2n) is 3.51. The van der Waals surface area contributed by atoms with E-state index in [1.54, 1.807) is 6.08 Å². The zero-order valence-electron chi connectivity index (χ0n) is 8.11. The molecule has 0 aromatic rings. The fourth-order valence-corrected chi connectivity index (χ4v) is 1.65. The molecule has 1 rings (SSSR count). The monoisotopic (exact) mass is 197 g/mol. The lowest BCUT2D eigenvalue weighted by Crippen LogP contribution is -2.28. The number of carbonyl (C=O) groups excluding carboxylic acids is 1. The van der Waals surface area contributed by atoms with Crippen LogP contribution in [-0.2, 0) is 4.79 Å². The lowest BCUT2D eigenvalue weighted by molar-refractivity contribution is -0.122. The van der Waals surface area contributed by atoms with Crippen LogP contribution in [0.25, 0.3) is 0 Å². The van der Waals surface area contributed by atoms with Crippen molar-refractivity contribution < 1.29 is 14.7 Å². The highest BCUT2D eigenvalue weighted by atomic mass is 16.4. The summed E-state index contributed by atoms with van der Waals surface area (Å²) in [6.45, 7) is 4.40. The number of ketones is 1. The summed E-state index contributed by atoms with van der Waals surface area (Å²) in [4.78, 5) is 23.4. The number of Topliss-reactive ketones (excluding diaryl/α,β-unsaturated/α-hetero) is 1. The van der Waals surface area contributed by atoms with Crippen molar-refractivity contribution in [3.63, 3.8) is 0 Å². The Morgan fingerprint density at radius 2 is 2.29 bits per heavy atom. The lowest BCUT2D eigenvalue weighted by atomic mass is 10.00. The first-order chi connectivity index (χ1) is 6.65. The average molecular weight is 197 g/mol. The van der Waals surface area contributed by atoms with E-state index in [-0.39, 0.29) is 11.7 Å². The van der Waals surface area contributed by atoms with Crippen molar-refractivity contribution in [2.45, 2.75) is 19.3 Å². The molecule has 0 spiro atoms. The van der Waals surface area contributed by atoms with Gasteiger partial charge in [-0.05, 0) is 12.8 Å². The molecule has 14 heavy (non-hydrogen) atoms. The topological polar surface area (TPSA) is 57.6 Å². The molecule has 1 amide bonds. The van der Waals surface area contributed by atoms with Gasteiger partial charge in [0.2, 0.25) is 0 Å². The van der Waals surface area contributed by atoms with Gasteiger partial charge >= 0.3 is 6.09 Å². The molecule has 1 aliphatic rings. The second-order valence-corrected chi connectivity index (χ2v) is 3.51. The van der Waals surface area contributed by atoms with Gasteiger partial charge < -0.3 is 10.0 Å². The highest BCUT2D eigenvalue weighted by Gasteiger charge is 2.29. The number of rotatable bonds is 4. The minimum absolute atomic E-state index is 0.0916. The predicted molar refractivity (Wildman–Crippen MR) is 52.1 cm³/mol. The first-order valence-electron chi connectivity index (χ1n) is 4.76. The molecule has 0 aliphatic carbocycles. The summed E-state index contributed by atoms with van der Waals surface area (Å²) in [5.41, 5.74) is 0. The standard InChI is InChI=1S/C10H15NO3/c1-2-3-4-9(12)8-5-6-11(7-8)10(13)14/h2,8H,1,3-7H2,(H,13,14)/t8-/m1/s1. The molecule has 1 atom stereocenters. The minimum Gasteiger partial charge on any atom is -0.465 e. The molecule has 1 saturated heterocycles. The molecule has 1 aliphatic heterocycles. The van der Waals surface area contributed by atoms with Gasteiger partial charge in [-0.3, -0.25) is 4.79 Å². The Labute approximate surface area is 83.2 Å².